The largest absolute Gasteiger partial charge is 0.486 e. The molecule has 3 heterocycles. The average Bonchev–Trinajstić information content (AvgIpc) is 3.03. The fourth-order valence-electron chi connectivity index (χ4n) is 2.42. The summed E-state index contributed by atoms with van der Waals surface area (Å²) in [6.07, 6.45) is 0. The molecule has 0 fully saturated rings. The Hall–Kier alpha value is -3.21. The zero-order valence-corrected chi connectivity index (χ0v) is 14.2. The number of H-pyrrole nitrogens is 2. The number of aromatic amines is 2. The normalized spacial score (nSPS) is 12.9. The number of rotatable bonds is 4. The van der Waals surface area contributed by atoms with Gasteiger partial charge < -0.3 is 25.5 Å². The summed E-state index contributed by atoms with van der Waals surface area (Å²) in [4.78, 5) is 37.2. The molecule has 1 aliphatic heterocycles. The van der Waals surface area contributed by atoms with Gasteiger partial charge in [-0.15, -0.1) is 0 Å². The Bertz CT molecular complexity index is 1050. The van der Waals surface area contributed by atoms with Gasteiger partial charge in [0.05, 0.1) is 5.75 Å². The highest BCUT2D eigenvalue weighted by Crippen LogP contribution is 2.32. The van der Waals surface area contributed by atoms with Crippen LogP contribution in [-0.4, -0.2) is 44.8 Å². The van der Waals surface area contributed by atoms with Crippen molar-refractivity contribution in [1.29, 1.82) is 0 Å². The predicted octanol–water partition coefficient (Wildman–Crippen LogP) is 0.730. The molecular formula is C15H14N6O4S. The van der Waals surface area contributed by atoms with Gasteiger partial charge in [0.15, 0.2) is 27.8 Å². The number of carbonyl (C=O) groups excluding carboxylic acids is 1. The van der Waals surface area contributed by atoms with E-state index in [-0.39, 0.29) is 28.8 Å². The van der Waals surface area contributed by atoms with Crippen LogP contribution >= 0.6 is 11.8 Å². The van der Waals surface area contributed by atoms with E-state index in [0.29, 0.717) is 35.6 Å². The molecule has 1 amide bonds. The molecule has 0 spiro atoms. The average molecular weight is 374 g/mol. The number of thioether (sulfide) groups is 1. The number of carbonyl (C=O) groups is 1. The van der Waals surface area contributed by atoms with Gasteiger partial charge in [-0.3, -0.25) is 14.6 Å². The number of hydrogen-bond acceptors (Lipinski definition) is 8. The van der Waals surface area contributed by atoms with E-state index in [9.17, 15) is 9.59 Å². The van der Waals surface area contributed by atoms with Gasteiger partial charge in [-0.05, 0) is 12.1 Å². The molecule has 0 bridgehead atoms. The first kappa shape index (κ1) is 16.3. The van der Waals surface area contributed by atoms with Crippen LogP contribution in [0.15, 0.2) is 28.2 Å². The van der Waals surface area contributed by atoms with E-state index in [1.165, 1.54) is 0 Å². The zero-order chi connectivity index (χ0) is 18.1. The molecule has 0 saturated heterocycles. The van der Waals surface area contributed by atoms with Gasteiger partial charge in [-0.25, -0.2) is 4.98 Å². The van der Waals surface area contributed by atoms with E-state index in [1.54, 1.807) is 18.2 Å². The van der Waals surface area contributed by atoms with Gasteiger partial charge in [-0.2, -0.15) is 4.98 Å². The Labute approximate surface area is 150 Å². The lowest BCUT2D eigenvalue weighted by molar-refractivity contribution is -0.113. The predicted molar refractivity (Wildman–Crippen MR) is 95.7 cm³/mol. The Kier molecular flexibility index (Phi) is 4.13. The lowest BCUT2D eigenvalue weighted by atomic mass is 10.2. The van der Waals surface area contributed by atoms with Crippen LogP contribution in [0.25, 0.3) is 11.2 Å². The number of nitrogen functional groups attached to an aromatic ring is 1. The van der Waals surface area contributed by atoms with E-state index in [2.05, 4.69) is 25.3 Å². The maximum Gasteiger partial charge on any atom is 0.278 e. The lowest BCUT2D eigenvalue weighted by Crippen LogP contribution is -2.17. The molecule has 1 aliphatic rings. The van der Waals surface area contributed by atoms with Crippen molar-refractivity contribution >= 4 is 40.5 Å². The third-order valence-corrected chi connectivity index (χ3v) is 4.40. The number of fused-ring (bicyclic) bond motifs is 2. The number of ether oxygens (including phenoxy) is 2. The van der Waals surface area contributed by atoms with Crippen LogP contribution in [0.4, 0.5) is 11.6 Å². The van der Waals surface area contributed by atoms with Gasteiger partial charge in [0.1, 0.15) is 13.2 Å². The molecule has 0 radical (unpaired) electrons. The van der Waals surface area contributed by atoms with Crippen molar-refractivity contribution in [3.8, 4) is 11.5 Å². The first-order valence-corrected chi connectivity index (χ1v) is 8.65. The third-order valence-electron chi connectivity index (χ3n) is 3.52. The minimum Gasteiger partial charge on any atom is -0.486 e. The van der Waals surface area contributed by atoms with Crippen molar-refractivity contribution in [3.05, 3.63) is 28.6 Å². The van der Waals surface area contributed by atoms with Gasteiger partial charge in [-0.1, -0.05) is 11.8 Å². The number of imidazole rings is 1. The van der Waals surface area contributed by atoms with Crippen LogP contribution < -0.4 is 26.1 Å². The summed E-state index contributed by atoms with van der Waals surface area (Å²) in [6.45, 7) is 0.986. The van der Waals surface area contributed by atoms with Crippen LogP contribution in [-0.2, 0) is 4.79 Å². The number of nitrogens with two attached hydrogens (primary N) is 1. The van der Waals surface area contributed by atoms with Crippen LogP contribution in [0.5, 0.6) is 11.5 Å². The second-order valence-electron chi connectivity index (χ2n) is 5.39. The molecule has 5 N–H and O–H groups in total. The summed E-state index contributed by atoms with van der Waals surface area (Å²) < 4.78 is 10.9. The van der Waals surface area contributed by atoms with Crippen LogP contribution in [0.1, 0.15) is 0 Å². The highest BCUT2D eigenvalue weighted by molar-refractivity contribution is 7.99. The summed E-state index contributed by atoms with van der Waals surface area (Å²) in [6, 6.07) is 5.20. The van der Waals surface area contributed by atoms with Crippen LogP contribution in [0.3, 0.4) is 0 Å². The molecule has 0 unspecified atom stereocenters. The van der Waals surface area contributed by atoms with Crippen molar-refractivity contribution in [2.45, 2.75) is 5.16 Å². The van der Waals surface area contributed by atoms with Gasteiger partial charge in [0.2, 0.25) is 11.9 Å². The molecule has 0 saturated carbocycles. The number of benzene rings is 1. The number of anilines is 2. The van der Waals surface area contributed by atoms with Crippen LogP contribution in [0.2, 0.25) is 0 Å². The summed E-state index contributed by atoms with van der Waals surface area (Å²) in [5, 5.41) is 3.18. The Morgan fingerprint density at radius 1 is 1.23 bits per heavy atom. The van der Waals surface area contributed by atoms with E-state index in [0.717, 1.165) is 11.8 Å². The molecular weight excluding hydrogens is 360 g/mol. The first-order valence-electron chi connectivity index (χ1n) is 7.66. The smallest absolute Gasteiger partial charge is 0.278 e. The van der Waals surface area contributed by atoms with E-state index in [1.807, 2.05) is 0 Å². The molecule has 11 heteroatoms. The molecule has 3 aromatic rings. The number of nitrogens with one attached hydrogen (secondary N) is 3. The summed E-state index contributed by atoms with van der Waals surface area (Å²) >= 11 is 1.15. The molecule has 10 nitrogen and oxygen atoms in total. The minimum atomic E-state index is -0.410. The van der Waals surface area contributed by atoms with Gasteiger partial charge >= 0.3 is 0 Å². The molecule has 4 rings (SSSR count). The maximum atomic E-state index is 12.1. The Balaban J connectivity index is 1.41. The highest BCUT2D eigenvalue weighted by Gasteiger charge is 2.14. The second kappa shape index (κ2) is 6.59. The van der Waals surface area contributed by atoms with E-state index >= 15 is 0 Å². The van der Waals surface area contributed by atoms with Crippen molar-refractivity contribution < 1.29 is 14.3 Å². The number of aromatic nitrogens is 4. The lowest BCUT2D eigenvalue weighted by Gasteiger charge is -2.18. The summed E-state index contributed by atoms with van der Waals surface area (Å²) in [7, 11) is 0. The fourth-order valence-corrected chi connectivity index (χ4v) is 3.09. The SMILES string of the molecule is Nc1nc2nc(SCC(=O)Nc3ccc4c(c3)OCCO4)[nH]c2c(=O)[nH]1. The molecule has 2 aromatic heterocycles. The minimum absolute atomic E-state index is 0.0121. The molecule has 0 atom stereocenters. The fraction of sp³-hybridized carbons (Fsp3) is 0.200. The number of amides is 1. The monoisotopic (exact) mass is 374 g/mol. The standard InChI is InChI=1S/C15H14N6O4S/c16-14-19-12-11(13(23)21-14)18-15(20-12)26-6-10(22)17-7-1-2-8-9(5-7)25-4-3-24-8/h1-2,5H,3-4,6H2,(H,17,22)(H4,16,18,19,20,21,23). The maximum absolute atomic E-state index is 12.1. The summed E-state index contributed by atoms with van der Waals surface area (Å²) in [5.41, 5.74) is 6.10. The molecule has 134 valence electrons. The first-order chi connectivity index (χ1) is 12.6. The Morgan fingerprint density at radius 3 is 2.88 bits per heavy atom. The van der Waals surface area contributed by atoms with Gasteiger partial charge in [0.25, 0.3) is 5.56 Å². The van der Waals surface area contributed by atoms with Crippen molar-refractivity contribution in [1.82, 2.24) is 19.9 Å². The second-order valence-corrected chi connectivity index (χ2v) is 6.35. The number of nitrogens with zero attached hydrogens (tertiary/aromatic N) is 2. The van der Waals surface area contributed by atoms with Crippen molar-refractivity contribution in [2.75, 3.05) is 30.0 Å². The van der Waals surface area contributed by atoms with Crippen molar-refractivity contribution in [2.24, 2.45) is 0 Å². The zero-order valence-electron chi connectivity index (χ0n) is 13.4. The summed E-state index contributed by atoms with van der Waals surface area (Å²) in [5.74, 6) is 1.11. The van der Waals surface area contributed by atoms with Crippen molar-refractivity contribution in [3.63, 3.8) is 0 Å². The molecule has 0 aliphatic carbocycles. The van der Waals surface area contributed by atoms with Gasteiger partial charge in [0, 0.05) is 11.8 Å². The topological polar surface area (TPSA) is 148 Å². The van der Waals surface area contributed by atoms with E-state index in [4.69, 9.17) is 15.2 Å². The highest BCUT2D eigenvalue weighted by atomic mass is 32.2. The molecule has 1 aromatic carbocycles. The third kappa shape index (κ3) is 3.28. The van der Waals surface area contributed by atoms with E-state index < -0.39 is 5.56 Å². The quantitative estimate of drug-likeness (QED) is 0.489. The molecule has 26 heavy (non-hydrogen) atoms. The number of hydrogen-bond donors (Lipinski definition) is 4. The van der Waals surface area contributed by atoms with Crippen LogP contribution in [0, 0.1) is 0 Å². The Morgan fingerprint density at radius 2 is 2.04 bits per heavy atom.